The largest absolute Gasteiger partial charge is 0.497 e. The fraction of sp³-hybridized carbons (Fsp3) is 0.318. The van der Waals surface area contributed by atoms with Gasteiger partial charge in [-0.15, -0.1) is 0 Å². The zero-order valence-corrected chi connectivity index (χ0v) is 16.5. The van der Waals surface area contributed by atoms with Crippen LogP contribution in [0.25, 0.3) is 11.5 Å². The van der Waals surface area contributed by atoms with Crippen LogP contribution in [-0.4, -0.2) is 48.3 Å². The SMILES string of the molecule is COc1cccc(C(=O)N2CCC(c3noc(-c4cccc(OC)c4)n3)CC2)c1. The Morgan fingerprint density at radius 3 is 2.45 bits per heavy atom. The zero-order chi connectivity index (χ0) is 20.2. The van der Waals surface area contributed by atoms with E-state index in [-0.39, 0.29) is 11.8 Å². The van der Waals surface area contributed by atoms with Crippen LogP contribution in [0.1, 0.15) is 34.9 Å². The average molecular weight is 393 g/mol. The number of hydrogen-bond donors (Lipinski definition) is 0. The van der Waals surface area contributed by atoms with Crippen molar-refractivity contribution in [1.82, 2.24) is 15.0 Å². The molecule has 1 aromatic heterocycles. The molecule has 4 rings (SSSR count). The summed E-state index contributed by atoms with van der Waals surface area (Å²) in [5.74, 6) is 2.79. The third-order valence-electron chi connectivity index (χ3n) is 5.22. The van der Waals surface area contributed by atoms with E-state index in [1.54, 1.807) is 20.3 Å². The third-order valence-corrected chi connectivity index (χ3v) is 5.22. The van der Waals surface area contributed by atoms with E-state index in [9.17, 15) is 4.79 Å². The lowest BCUT2D eigenvalue weighted by Crippen LogP contribution is -2.38. The van der Waals surface area contributed by atoms with E-state index in [2.05, 4.69) is 10.1 Å². The first kappa shape index (κ1) is 19.0. The average Bonchev–Trinajstić information content (AvgIpc) is 3.29. The molecule has 1 fully saturated rings. The highest BCUT2D eigenvalue weighted by Gasteiger charge is 2.28. The van der Waals surface area contributed by atoms with E-state index in [4.69, 9.17) is 14.0 Å². The second-order valence-corrected chi connectivity index (χ2v) is 6.99. The Bertz CT molecular complexity index is 993. The third kappa shape index (κ3) is 4.08. The van der Waals surface area contributed by atoms with Gasteiger partial charge in [0.05, 0.1) is 14.2 Å². The van der Waals surface area contributed by atoms with E-state index < -0.39 is 0 Å². The van der Waals surface area contributed by atoms with E-state index >= 15 is 0 Å². The predicted octanol–water partition coefficient (Wildman–Crippen LogP) is 3.77. The first-order valence-electron chi connectivity index (χ1n) is 9.59. The first-order valence-corrected chi connectivity index (χ1v) is 9.59. The minimum absolute atomic E-state index is 0.0209. The van der Waals surface area contributed by atoms with Gasteiger partial charge in [0.15, 0.2) is 5.82 Å². The summed E-state index contributed by atoms with van der Waals surface area (Å²) in [4.78, 5) is 19.2. The van der Waals surface area contributed by atoms with Crippen molar-refractivity contribution in [3.05, 3.63) is 59.9 Å². The standard InChI is InChI=1S/C22H23N3O4/c1-27-18-7-3-5-16(13-18)21-23-20(24-29-21)15-9-11-25(12-10-15)22(26)17-6-4-8-19(14-17)28-2/h3-8,13-15H,9-12H2,1-2H3. The summed E-state index contributed by atoms with van der Waals surface area (Å²) in [5, 5.41) is 4.18. The number of piperidine rings is 1. The highest BCUT2D eigenvalue weighted by Crippen LogP contribution is 2.29. The van der Waals surface area contributed by atoms with Gasteiger partial charge in [-0.3, -0.25) is 4.79 Å². The maximum atomic E-state index is 12.8. The molecule has 0 aliphatic carbocycles. The number of aromatic nitrogens is 2. The molecule has 0 unspecified atom stereocenters. The molecule has 0 atom stereocenters. The van der Waals surface area contributed by atoms with Crippen LogP contribution in [0, 0.1) is 0 Å². The molecule has 0 bridgehead atoms. The number of likely N-dealkylation sites (tertiary alicyclic amines) is 1. The zero-order valence-electron chi connectivity index (χ0n) is 16.5. The van der Waals surface area contributed by atoms with Gasteiger partial charge in [-0.1, -0.05) is 17.3 Å². The maximum Gasteiger partial charge on any atom is 0.258 e. The van der Waals surface area contributed by atoms with Crippen molar-refractivity contribution in [2.24, 2.45) is 0 Å². The number of rotatable bonds is 5. The van der Waals surface area contributed by atoms with E-state index in [1.165, 1.54) is 0 Å². The number of nitrogens with zero attached hydrogens (tertiary/aromatic N) is 3. The van der Waals surface area contributed by atoms with Crippen LogP contribution in [0.2, 0.25) is 0 Å². The van der Waals surface area contributed by atoms with Gasteiger partial charge in [0.2, 0.25) is 0 Å². The van der Waals surface area contributed by atoms with Crippen molar-refractivity contribution < 1.29 is 18.8 Å². The van der Waals surface area contributed by atoms with Crippen molar-refractivity contribution in [2.75, 3.05) is 27.3 Å². The maximum absolute atomic E-state index is 12.8. The summed E-state index contributed by atoms with van der Waals surface area (Å²) >= 11 is 0. The number of amides is 1. The van der Waals surface area contributed by atoms with Gasteiger partial charge in [-0.25, -0.2) is 0 Å². The molecular formula is C22H23N3O4. The highest BCUT2D eigenvalue weighted by molar-refractivity contribution is 5.94. The van der Waals surface area contributed by atoms with Crippen LogP contribution in [-0.2, 0) is 0 Å². The first-order chi connectivity index (χ1) is 14.2. The Morgan fingerprint density at radius 2 is 1.72 bits per heavy atom. The van der Waals surface area contributed by atoms with Gasteiger partial charge >= 0.3 is 0 Å². The summed E-state index contributed by atoms with van der Waals surface area (Å²) in [7, 11) is 3.22. The number of ether oxygens (including phenoxy) is 2. The van der Waals surface area contributed by atoms with Crippen molar-refractivity contribution >= 4 is 5.91 Å². The van der Waals surface area contributed by atoms with Crippen LogP contribution in [0.15, 0.2) is 53.1 Å². The molecule has 1 amide bonds. The molecule has 0 N–H and O–H groups in total. The van der Waals surface area contributed by atoms with E-state index in [0.29, 0.717) is 36.1 Å². The Kier molecular flexibility index (Phi) is 5.46. The Morgan fingerprint density at radius 1 is 1.03 bits per heavy atom. The molecule has 7 heteroatoms. The Hall–Kier alpha value is -3.35. The van der Waals surface area contributed by atoms with Crippen molar-refractivity contribution in [1.29, 1.82) is 0 Å². The molecule has 150 valence electrons. The number of carbonyl (C=O) groups excluding carboxylic acids is 1. The van der Waals surface area contributed by atoms with Gasteiger partial charge in [0, 0.05) is 30.1 Å². The van der Waals surface area contributed by atoms with Gasteiger partial charge in [0.25, 0.3) is 11.8 Å². The van der Waals surface area contributed by atoms with Gasteiger partial charge in [-0.05, 0) is 49.2 Å². The van der Waals surface area contributed by atoms with Gasteiger partial charge < -0.3 is 18.9 Å². The lowest BCUT2D eigenvalue weighted by atomic mass is 9.95. The van der Waals surface area contributed by atoms with Crippen molar-refractivity contribution in [3.63, 3.8) is 0 Å². The molecule has 0 radical (unpaired) electrons. The molecule has 1 aliphatic heterocycles. The van der Waals surface area contributed by atoms with E-state index in [1.807, 2.05) is 47.4 Å². The number of methoxy groups -OCH3 is 2. The van der Waals surface area contributed by atoms with Crippen LogP contribution >= 0.6 is 0 Å². The Labute approximate surface area is 169 Å². The molecule has 0 spiro atoms. The molecule has 7 nitrogen and oxygen atoms in total. The topological polar surface area (TPSA) is 77.7 Å². The number of hydrogen-bond acceptors (Lipinski definition) is 6. The lowest BCUT2D eigenvalue weighted by molar-refractivity contribution is 0.0710. The van der Waals surface area contributed by atoms with Crippen molar-refractivity contribution in [3.8, 4) is 23.0 Å². The molecule has 3 aromatic rings. The summed E-state index contributed by atoms with van der Waals surface area (Å²) in [6.45, 7) is 1.31. The molecule has 2 aromatic carbocycles. The minimum Gasteiger partial charge on any atom is -0.497 e. The van der Waals surface area contributed by atoms with Crippen LogP contribution in [0.5, 0.6) is 11.5 Å². The van der Waals surface area contributed by atoms with Gasteiger partial charge in [0.1, 0.15) is 11.5 Å². The minimum atomic E-state index is 0.0209. The lowest BCUT2D eigenvalue weighted by Gasteiger charge is -2.30. The normalized spacial score (nSPS) is 14.6. The molecule has 1 aliphatic rings. The summed E-state index contributed by atoms with van der Waals surface area (Å²) in [6.07, 6.45) is 1.60. The molecule has 2 heterocycles. The predicted molar refractivity (Wildman–Crippen MR) is 107 cm³/mol. The fourth-order valence-electron chi connectivity index (χ4n) is 3.55. The van der Waals surface area contributed by atoms with Crippen molar-refractivity contribution in [2.45, 2.75) is 18.8 Å². The van der Waals surface area contributed by atoms with Crippen LogP contribution < -0.4 is 9.47 Å². The monoisotopic (exact) mass is 393 g/mol. The number of benzene rings is 2. The van der Waals surface area contributed by atoms with Crippen LogP contribution in [0.3, 0.4) is 0 Å². The molecular weight excluding hydrogens is 370 g/mol. The Balaban J connectivity index is 1.41. The highest BCUT2D eigenvalue weighted by atomic mass is 16.5. The number of carbonyl (C=O) groups is 1. The smallest absolute Gasteiger partial charge is 0.258 e. The van der Waals surface area contributed by atoms with E-state index in [0.717, 1.165) is 24.2 Å². The fourth-order valence-corrected chi connectivity index (χ4v) is 3.55. The molecule has 29 heavy (non-hydrogen) atoms. The summed E-state index contributed by atoms with van der Waals surface area (Å²) < 4.78 is 15.9. The quantitative estimate of drug-likeness (QED) is 0.657. The second-order valence-electron chi connectivity index (χ2n) is 6.99. The summed E-state index contributed by atoms with van der Waals surface area (Å²) in [5.41, 5.74) is 1.47. The molecule has 1 saturated heterocycles. The second kappa shape index (κ2) is 8.34. The summed E-state index contributed by atoms with van der Waals surface area (Å²) in [6, 6.07) is 14.8. The van der Waals surface area contributed by atoms with Gasteiger partial charge in [-0.2, -0.15) is 4.98 Å². The van der Waals surface area contributed by atoms with Crippen LogP contribution in [0.4, 0.5) is 0 Å². The molecule has 0 saturated carbocycles.